The highest BCUT2D eigenvalue weighted by Gasteiger charge is 2.10. The Morgan fingerprint density at radius 1 is 1.43 bits per heavy atom. The molecule has 0 atom stereocenters. The van der Waals surface area contributed by atoms with E-state index in [9.17, 15) is 4.79 Å². The number of amides is 1. The number of furan rings is 2. The summed E-state index contributed by atoms with van der Waals surface area (Å²) >= 11 is 0. The van der Waals surface area contributed by atoms with Crippen molar-refractivity contribution >= 4 is 12.1 Å². The lowest BCUT2D eigenvalue weighted by atomic mass is 10.2. The predicted octanol–water partition coefficient (Wildman–Crippen LogP) is 2.34. The summed E-state index contributed by atoms with van der Waals surface area (Å²) in [5.74, 6) is 1.23. The largest absolute Gasteiger partial charge is 0.460 e. The molecule has 7 heteroatoms. The molecule has 3 heterocycles. The van der Waals surface area contributed by atoms with Crippen LogP contribution in [0.4, 0.5) is 0 Å². The van der Waals surface area contributed by atoms with Gasteiger partial charge in [-0.3, -0.25) is 9.89 Å². The maximum atomic E-state index is 11.6. The number of nitrogens with zero attached hydrogens (tertiary/aromatic N) is 2. The fraction of sp³-hybridized carbons (Fsp3) is 0.0714. The Balaban J connectivity index is 1.72. The van der Waals surface area contributed by atoms with Crippen LogP contribution >= 0.6 is 0 Å². The highest BCUT2D eigenvalue weighted by atomic mass is 16.3. The van der Waals surface area contributed by atoms with E-state index in [4.69, 9.17) is 8.83 Å². The summed E-state index contributed by atoms with van der Waals surface area (Å²) in [7, 11) is 0. The van der Waals surface area contributed by atoms with Gasteiger partial charge in [-0.25, -0.2) is 5.43 Å². The van der Waals surface area contributed by atoms with Gasteiger partial charge < -0.3 is 8.83 Å². The number of hydrazone groups is 1. The van der Waals surface area contributed by atoms with Crippen molar-refractivity contribution in [1.29, 1.82) is 0 Å². The average Bonchev–Trinajstić information content (AvgIpc) is 3.19. The molecule has 0 aliphatic heterocycles. The zero-order valence-electron chi connectivity index (χ0n) is 11.2. The lowest BCUT2D eigenvalue weighted by Gasteiger charge is -1.96. The molecule has 7 nitrogen and oxygen atoms in total. The van der Waals surface area contributed by atoms with Crippen LogP contribution in [0.1, 0.15) is 21.9 Å². The van der Waals surface area contributed by atoms with Crippen molar-refractivity contribution in [3.8, 4) is 11.5 Å². The van der Waals surface area contributed by atoms with E-state index in [0.717, 1.165) is 5.76 Å². The Morgan fingerprint density at radius 2 is 2.33 bits per heavy atom. The first kappa shape index (κ1) is 12.9. The number of nitrogens with one attached hydrogen (secondary N) is 2. The number of hydrogen-bond donors (Lipinski definition) is 2. The van der Waals surface area contributed by atoms with Gasteiger partial charge in [0.25, 0.3) is 0 Å². The van der Waals surface area contributed by atoms with E-state index in [1.54, 1.807) is 18.3 Å². The second-order valence-electron chi connectivity index (χ2n) is 4.29. The lowest BCUT2D eigenvalue weighted by Crippen LogP contribution is -2.16. The van der Waals surface area contributed by atoms with Crippen LogP contribution in [-0.2, 0) is 0 Å². The van der Waals surface area contributed by atoms with Crippen LogP contribution in [0.3, 0.4) is 0 Å². The van der Waals surface area contributed by atoms with E-state index < -0.39 is 5.91 Å². The molecule has 0 fully saturated rings. The summed E-state index contributed by atoms with van der Waals surface area (Å²) in [5, 5.41) is 10.7. The fourth-order valence-corrected chi connectivity index (χ4v) is 1.78. The van der Waals surface area contributed by atoms with Gasteiger partial charge in [0, 0.05) is 5.56 Å². The Kier molecular flexibility index (Phi) is 3.38. The summed E-state index contributed by atoms with van der Waals surface area (Å²) in [6.07, 6.45) is 4.50. The minimum absolute atomic E-state index is 0.196. The zero-order chi connectivity index (χ0) is 14.7. The van der Waals surface area contributed by atoms with Gasteiger partial charge in [0.1, 0.15) is 11.5 Å². The minimum atomic E-state index is -0.421. The molecule has 21 heavy (non-hydrogen) atoms. The number of aryl methyl sites for hydroxylation is 1. The van der Waals surface area contributed by atoms with Crippen molar-refractivity contribution in [2.45, 2.75) is 6.92 Å². The van der Waals surface area contributed by atoms with E-state index in [-0.39, 0.29) is 5.76 Å². The van der Waals surface area contributed by atoms with Crippen molar-refractivity contribution in [3.05, 3.63) is 53.8 Å². The monoisotopic (exact) mass is 284 g/mol. The summed E-state index contributed by atoms with van der Waals surface area (Å²) < 4.78 is 10.5. The minimum Gasteiger partial charge on any atom is -0.460 e. The number of carbonyl (C=O) groups is 1. The molecule has 3 aromatic rings. The third kappa shape index (κ3) is 2.76. The normalized spacial score (nSPS) is 11.1. The second-order valence-corrected chi connectivity index (χ2v) is 4.29. The molecular formula is C14H12N4O3. The van der Waals surface area contributed by atoms with Crippen LogP contribution in [0.15, 0.2) is 50.7 Å². The summed E-state index contributed by atoms with van der Waals surface area (Å²) in [5.41, 5.74) is 3.76. The Labute approximate surface area is 119 Å². The van der Waals surface area contributed by atoms with E-state index in [0.29, 0.717) is 17.0 Å². The molecule has 0 aliphatic rings. The third-order valence-electron chi connectivity index (χ3n) is 2.77. The van der Waals surface area contributed by atoms with E-state index in [1.165, 1.54) is 12.5 Å². The Morgan fingerprint density at radius 3 is 3.05 bits per heavy atom. The molecule has 0 spiro atoms. The molecular weight excluding hydrogens is 272 g/mol. The van der Waals surface area contributed by atoms with Gasteiger partial charge in [0.2, 0.25) is 0 Å². The van der Waals surface area contributed by atoms with E-state index >= 15 is 0 Å². The second kappa shape index (κ2) is 5.49. The SMILES string of the molecule is Cc1ccc(-c2[nH]ncc2/C=N/NC(=O)c2ccco2)o1. The Bertz CT molecular complexity index is 768. The molecule has 0 saturated carbocycles. The smallest absolute Gasteiger partial charge is 0.307 e. The molecule has 0 aliphatic carbocycles. The van der Waals surface area contributed by atoms with Crippen molar-refractivity contribution in [2.75, 3.05) is 0 Å². The zero-order valence-corrected chi connectivity index (χ0v) is 11.2. The van der Waals surface area contributed by atoms with Gasteiger partial charge in [-0.2, -0.15) is 10.2 Å². The molecule has 2 N–H and O–H groups in total. The molecule has 1 amide bonds. The highest BCUT2D eigenvalue weighted by Crippen LogP contribution is 2.22. The first-order valence-corrected chi connectivity index (χ1v) is 6.21. The first-order chi connectivity index (χ1) is 10.2. The third-order valence-corrected chi connectivity index (χ3v) is 2.77. The van der Waals surface area contributed by atoms with Crippen LogP contribution in [0.25, 0.3) is 11.5 Å². The number of hydrogen-bond acceptors (Lipinski definition) is 5. The van der Waals surface area contributed by atoms with Crippen LogP contribution in [-0.4, -0.2) is 22.3 Å². The Hall–Kier alpha value is -3.09. The topological polar surface area (TPSA) is 96.4 Å². The van der Waals surface area contributed by atoms with Crippen molar-refractivity contribution in [1.82, 2.24) is 15.6 Å². The number of aromatic nitrogens is 2. The summed E-state index contributed by atoms with van der Waals surface area (Å²) in [6.45, 7) is 1.86. The quantitative estimate of drug-likeness (QED) is 0.567. The van der Waals surface area contributed by atoms with E-state index in [1.807, 2.05) is 19.1 Å². The number of H-pyrrole nitrogens is 1. The van der Waals surface area contributed by atoms with Gasteiger partial charge in [-0.1, -0.05) is 0 Å². The summed E-state index contributed by atoms with van der Waals surface area (Å²) in [6, 6.07) is 6.88. The first-order valence-electron chi connectivity index (χ1n) is 6.21. The molecule has 0 saturated heterocycles. The maximum absolute atomic E-state index is 11.6. The van der Waals surface area contributed by atoms with Crippen LogP contribution in [0.2, 0.25) is 0 Å². The van der Waals surface area contributed by atoms with Crippen molar-refractivity contribution in [3.63, 3.8) is 0 Å². The van der Waals surface area contributed by atoms with Crippen LogP contribution < -0.4 is 5.43 Å². The fourth-order valence-electron chi connectivity index (χ4n) is 1.78. The van der Waals surface area contributed by atoms with Gasteiger partial charge in [-0.15, -0.1) is 0 Å². The van der Waals surface area contributed by atoms with Crippen molar-refractivity contribution < 1.29 is 13.6 Å². The number of carbonyl (C=O) groups excluding carboxylic acids is 1. The molecule has 0 aromatic carbocycles. The molecule has 0 unspecified atom stereocenters. The number of rotatable bonds is 4. The van der Waals surface area contributed by atoms with E-state index in [2.05, 4.69) is 20.7 Å². The molecule has 0 bridgehead atoms. The predicted molar refractivity (Wildman–Crippen MR) is 74.8 cm³/mol. The van der Waals surface area contributed by atoms with Gasteiger partial charge in [-0.05, 0) is 31.2 Å². The van der Waals surface area contributed by atoms with Crippen LogP contribution in [0.5, 0.6) is 0 Å². The standard InChI is InChI=1S/C14H12N4O3/c1-9-4-5-11(21-9)13-10(7-15-17-13)8-16-18-14(19)12-3-2-6-20-12/h2-8H,1H3,(H,15,17)(H,18,19)/b16-8+. The van der Waals surface area contributed by atoms with Gasteiger partial charge in [0.05, 0.1) is 18.7 Å². The molecule has 106 valence electrons. The maximum Gasteiger partial charge on any atom is 0.307 e. The number of aromatic amines is 1. The van der Waals surface area contributed by atoms with Gasteiger partial charge >= 0.3 is 5.91 Å². The summed E-state index contributed by atoms with van der Waals surface area (Å²) in [4.78, 5) is 11.6. The van der Waals surface area contributed by atoms with Gasteiger partial charge in [0.15, 0.2) is 11.5 Å². The molecule has 3 rings (SSSR count). The highest BCUT2D eigenvalue weighted by molar-refractivity contribution is 5.93. The van der Waals surface area contributed by atoms with Crippen molar-refractivity contribution in [2.24, 2.45) is 5.10 Å². The molecule has 0 radical (unpaired) electrons. The average molecular weight is 284 g/mol. The molecule has 3 aromatic heterocycles. The lowest BCUT2D eigenvalue weighted by molar-refractivity contribution is 0.0927. The van der Waals surface area contributed by atoms with Crippen LogP contribution in [0, 0.1) is 6.92 Å².